The minimum atomic E-state index is 0.0237. The molecule has 0 unspecified atom stereocenters. The van der Waals surface area contributed by atoms with E-state index in [4.69, 9.17) is 16.1 Å². The predicted molar refractivity (Wildman–Crippen MR) is 117 cm³/mol. The summed E-state index contributed by atoms with van der Waals surface area (Å²) >= 11 is 7.32. The molecule has 0 atom stereocenters. The van der Waals surface area contributed by atoms with E-state index in [2.05, 4.69) is 15.4 Å². The fraction of sp³-hybridized carbons (Fsp3) is 0.238. The van der Waals surface area contributed by atoms with Gasteiger partial charge in [-0.3, -0.25) is 9.36 Å². The maximum atomic E-state index is 12.9. The molecule has 1 aromatic carbocycles. The molecule has 7 nitrogen and oxygen atoms in total. The highest BCUT2D eigenvalue weighted by molar-refractivity contribution is 7.99. The highest BCUT2D eigenvalue weighted by atomic mass is 35.5. The second-order valence-electron chi connectivity index (χ2n) is 7.00. The van der Waals surface area contributed by atoms with Gasteiger partial charge in [0.1, 0.15) is 5.76 Å². The van der Waals surface area contributed by atoms with Crippen LogP contribution in [0.1, 0.15) is 27.5 Å². The van der Waals surface area contributed by atoms with E-state index in [0.29, 0.717) is 21.6 Å². The first kappa shape index (κ1) is 20.4. The van der Waals surface area contributed by atoms with Crippen LogP contribution >= 0.6 is 23.4 Å². The standard InChI is InChI=1S/C21H20ClN5O2S/c1-12-9-17(14(3)27(12)19-10-13(2)29-25-19)18(28)11-30-21-24-23-20(26(21)4)15-5-7-16(22)8-6-15/h5-10H,11H2,1-4H3. The van der Waals surface area contributed by atoms with Crippen molar-refractivity contribution >= 4 is 29.1 Å². The molecule has 0 radical (unpaired) electrons. The molecule has 4 rings (SSSR count). The molecule has 0 aliphatic heterocycles. The lowest BCUT2D eigenvalue weighted by Crippen LogP contribution is -2.06. The Kier molecular flexibility index (Phi) is 5.53. The van der Waals surface area contributed by atoms with Gasteiger partial charge in [0.2, 0.25) is 0 Å². The van der Waals surface area contributed by atoms with Crippen molar-refractivity contribution < 1.29 is 9.32 Å². The summed E-state index contributed by atoms with van der Waals surface area (Å²) in [6, 6.07) is 11.2. The summed E-state index contributed by atoms with van der Waals surface area (Å²) in [5.41, 5.74) is 3.35. The summed E-state index contributed by atoms with van der Waals surface area (Å²) < 4.78 is 8.98. The quantitative estimate of drug-likeness (QED) is 0.315. The first-order chi connectivity index (χ1) is 14.3. The van der Waals surface area contributed by atoms with Gasteiger partial charge in [-0.2, -0.15) is 0 Å². The molecular weight excluding hydrogens is 422 g/mol. The Labute approximate surface area is 183 Å². The fourth-order valence-corrected chi connectivity index (χ4v) is 4.28. The number of hydrogen-bond donors (Lipinski definition) is 0. The number of ketones is 1. The molecule has 4 aromatic rings. The lowest BCUT2D eigenvalue weighted by molar-refractivity contribution is 0.102. The fourth-order valence-electron chi connectivity index (χ4n) is 3.36. The molecule has 3 aromatic heterocycles. The Morgan fingerprint density at radius 3 is 2.53 bits per heavy atom. The normalized spacial score (nSPS) is 11.2. The van der Waals surface area contributed by atoms with Gasteiger partial charge in [0.25, 0.3) is 0 Å². The summed E-state index contributed by atoms with van der Waals surface area (Å²) in [6.07, 6.45) is 0. The molecule has 30 heavy (non-hydrogen) atoms. The van der Waals surface area contributed by atoms with Gasteiger partial charge < -0.3 is 9.09 Å². The molecule has 0 saturated heterocycles. The highest BCUT2D eigenvalue weighted by Gasteiger charge is 2.20. The molecule has 9 heteroatoms. The number of Topliss-reactive ketones (excluding diaryl/α,β-unsaturated/α-hetero) is 1. The maximum absolute atomic E-state index is 12.9. The summed E-state index contributed by atoms with van der Waals surface area (Å²) in [5.74, 6) is 2.40. The van der Waals surface area contributed by atoms with Gasteiger partial charge in [-0.25, -0.2) is 0 Å². The number of carbonyl (C=O) groups is 1. The number of aryl methyl sites for hydroxylation is 2. The summed E-state index contributed by atoms with van der Waals surface area (Å²) in [6.45, 7) is 5.70. The third-order valence-electron chi connectivity index (χ3n) is 4.85. The van der Waals surface area contributed by atoms with Crippen molar-refractivity contribution in [1.82, 2.24) is 24.5 Å². The molecule has 0 aliphatic rings. The molecule has 0 bridgehead atoms. The Balaban J connectivity index is 1.51. The van der Waals surface area contributed by atoms with Crippen LogP contribution in [0.25, 0.3) is 17.2 Å². The van der Waals surface area contributed by atoms with E-state index in [1.807, 2.05) is 73.4 Å². The Morgan fingerprint density at radius 2 is 1.87 bits per heavy atom. The third-order valence-corrected chi connectivity index (χ3v) is 6.12. The highest BCUT2D eigenvalue weighted by Crippen LogP contribution is 2.26. The zero-order chi connectivity index (χ0) is 21.4. The second-order valence-corrected chi connectivity index (χ2v) is 8.38. The number of halogens is 1. The minimum Gasteiger partial charge on any atom is -0.360 e. The van der Waals surface area contributed by atoms with Crippen LogP contribution in [-0.2, 0) is 7.05 Å². The SMILES string of the molecule is Cc1cc(-n2c(C)cc(C(=O)CSc3nnc(-c4ccc(Cl)cc4)n3C)c2C)no1. The first-order valence-electron chi connectivity index (χ1n) is 9.29. The van der Waals surface area contributed by atoms with Gasteiger partial charge >= 0.3 is 0 Å². The van der Waals surface area contributed by atoms with Crippen LogP contribution in [0.4, 0.5) is 0 Å². The number of nitrogens with zero attached hydrogens (tertiary/aromatic N) is 5. The lowest BCUT2D eigenvalue weighted by Gasteiger charge is -2.06. The molecule has 0 aliphatic carbocycles. The second kappa shape index (κ2) is 8.12. The minimum absolute atomic E-state index is 0.0237. The Hall–Kier alpha value is -2.84. The van der Waals surface area contributed by atoms with Gasteiger partial charge in [-0.15, -0.1) is 10.2 Å². The molecule has 154 valence electrons. The average molecular weight is 442 g/mol. The maximum Gasteiger partial charge on any atom is 0.191 e. The number of rotatable bonds is 6. The van der Waals surface area contributed by atoms with Gasteiger partial charge in [-0.1, -0.05) is 28.5 Å². The van der Waals surface area contributed by atoms with Crippen molar-refractivity contribution in [3.63, 3.8) is 0 Å². The predicted octanol–water partition coefficient (Wildman–Crippen LogP) is 4.81. The Morgan fingerprint density at radius 1 is 1.13 bits per heavy atom. The van der Waals surface area contributed by atoms with E-state index in [-0.39, 0.29) is 11.5 Å². The van der Waals surface area contributed by atoms with Gasteiger partial charge in [0.15, 0.2) is 22.6 Å². The van der Waals surface area contributed by atoms with Crippen molar-refractivity contribution in [3.8, 4) is 17.2 Å². The molecule has 0 saturated carbocycles. The zero-order valence-electron chi connectivity index (χ0n) is 17.0. The number of benzene rings is 1. The topological polar surface area (TPSA) is 78.7 Å². The van der Waals surface area contributed by atoms with Crippen LogP contribution in [-0.4, -0.2) is 36.0 Å². The van der Waals surface area contributed by atoms with Crippen LogP contribution in [0.2, 0.25) is 5.02 Å². The summed E-state index contributed by atoms with van der Waals surface area (Å²) in [7, 11) is 1.88. The van der Waals surface area contributed by atoms with Crippen LogP contribution in [0.3, 0.4) is 0 Å². The molecule has 0 amide bonds. The third kappa shape index (κ3) is 3.80. The van der Waals surface area contributed by atoms with E-state index in [1.54, 1.807) is 0 Å². The van der Waals surface area contributed by atoms with E-state index >= 15 is 0 Å². The van der Waals surface area contributed by atoms with Crippen LogP contribution in [0.15, 0.2) is 46.1 Å². The van der Waals surface area contributed by atoms with Crippen molar-refractivity contribution in [1.29, 1.82) is 0 Å². The van der Waals surface area contributed by atoms with Crippen molar-refractivity contribution in [2.45, 2.75) is 25.9 Å². The number of hydrogen-bond acceptors (Lipinski definition) is 6. The largest absolute Gasteiger partial charge is 0.360 e. The monoisotopic (exact) mass is 441 g/mol. The van der Waals surface area contributed by atoms with E-state index < -0.39 is 0 Å². The summed E-state index contributed by atoms with van der Waals surface area (Å²) in [4.78, 5) is 12.9. The van der Waals surface area contributed by atoms with Crippen molar-refractivity contribution in [2.24, 2.45) is 7.05 Å². The molecule has 0 N–H and O–H groups in total. The Bertz CT molecular complexity index is 1220. The van der Waals surface area contributed by atoms with Gasteiger partial charge in [-0.05, 0) is 51.1 Å². The average Bonchev–Trinajstić information content (AvgIpc) is 3.38. The summed E-state index contributed by atoms with van der Waals surface area (Å²) in [5, 5.41) is 13.9. The van der Waals surface area contributed by atoms with Crippen molar-refractivity contribution in [2.75, 3.05) is 5.75 Å². The molecular formula is C21H20ClN5O2S. The van der Waals surface area contributed by atoms with Gasteiger partial charge in [0.05, 0.1) is 5.75 Å². The van der Waals surface area contributed by atoms with E-state index in [0.717, 1.165) is 28.5 Å². The van der Waals surface area contributed by atoms with Crippen molar-refractivity contribution in [3.05, 3.63) is 64.1 Å². The smallest absolute Gasteiger partial charge is 0.191 e. The van der Waals surface area contributed by atoms with Crippen LogP contribution in [0, 0.1) is 20.8 Å². The van der Waals surface area contributed by atoms with Crippen LogP contribution < -0.4 is 0 Å². The molecule has 0 spiro atoms. The van der Waals surface area contributed by atoms with Crippen LogP contribution in [0.5, 0.6) is 0 Å². The van der Waals surface area contributed by atoms with E-state index in [1.165, 1.54) is 11.8 Å². The first-order valence-corrected chi connectivity index (χ1v) is 10.7. The number of thioether (sulfide) groups is 1. The zero-order valence-corrected chi connectivity index (χ0v) is 18.6. The lowest BCUT2D eigenvalue weighted by atomic mass is 10.2. The number of aromatic nitrogens is 5. The van der Waals surface area contributed by atoms with Gasteiger partial charge in [0, 0.05) is 40.7 Å². The van der Waals surface area contributed by atoms with E-state index in [9.17, 15) is 4.79 Å². The molecule has 3 heterocycles. The number of carbonyl (C=O) groups excluding carboxylic acids is 1. The molecule has 0 fully saturated rings.